The predicted octanol–water partition coefficient (Wildman–Crippen LogP) is 4.38. The highest BCUT2D eigenvalue weighted by atomic mass is 32.2. The third kappa shape index (κ3) is 4.04. The molecular formula is C15H23NS. The van der Waals surface area contributed by atoms with Gasteiger partial charge in [0.15, 0.2) is 0 Å². The van der Waals surface area contributed by atoms with Crippen molar-refractivity contribution in [2.24, 2.45) is 11.7 Å². The Morgan fingerprint density at radius 2 is 1.94 bits per heavy atom. The Morgan fingerprint density at radius 3 is 2.53 bits per heavy atom. The first-order valence-corrected chi connectivity index (χ1v) is 7.31. The molecule has 1 aromatic carbocycles. The highest BCUT2D eigenvalue weighted by Crippen LogP contribution is 2.40. The summed E-state index contributed by atoms with van der Waals surface area (Å²) in [6.45, 7) is 6.75. The summed E-state index contributed by atoms with van der Waals surface area (Å²) in [6.07, 6.45) is 3.91. The largest absolute Gasteiger partial charge is 0.324 e. The van der Waals surface area contributed by atoms with Crippen molar-refractivity contribution < 1.29 is 0 Å². The summed E-state index contributed by atoms with van der Waals surface area (Å²) in [7, 11) is 0. The Bertz CT molecular complexity index is 377. The van der Waals surface area contributed by atoms with Crippen LogP contribution in [0.5, 0.6) is 0 Å². The smallest absolute Gasteiger partial charge is 0.0308 e. The zero-order chi connectivity index (χ0) is 12.5. The minimum Gasteiger partial charge on any atom is -0.324 e. The van der Waals surface area contributed by atoms with Crippen LogP contribution in [0.15, 0.2) is 29.2 Å². The molecule has 1 saturated carbocycles. The van der Waals surface area contributed by atoms with Gasteiger partial charge in [0.1, 0.15) is 0 Å². The maximum atomic E-state index is 6.34. The van der Waals surface area contributed by atoms with E-state index >= 15 is 0 Å². The summed E-state index contributed by atoms with van der Waals surface area (Å²) in [6, 6.07) is 8.84. The van der Waals surface area contributed by atoms with E-state index in [1.165, 1.54) is 23.3 Å². The molecule has 0 saturated heterocycles. The number of thioether (sulfide) groups is 1. The van der Waals surface area contributed by atoms with Gasteiger partial charge < -0.3 is 5.73 Å². The molecule has 0 aliphatic heterocycles. The summed E-state index contributed by atoms with van der Waals surface area (Å²) < 4.78 is 0.245. The molecule has 1 atom stereocenters. The fraction of sp³-hybridized carbons (Fsp3) is 0.600. The third-order valence-electron chi connectivity index (χ3n) is 3.02. The average Bonchev–Trinajstić information content (AvgIpc) is 3.00. The van der Waals surface area contributed by atoms with E-state index in [0.717, 1.165) is 12.3 Å². The van der Waals surface area contributed by atoms with E-state index in [-0.39, 0.29) is 10.8 Å². The fourth-order valence-electron chi connectivity index (χ4n) is 2.05. The highest BCUT2D eigenvalue weighted by Gasteiger charge is 2.26. The molecule has 0 aromatic heterocycles. The van der Waals surface area contributed by atoms with Crippen molar-refractivity contribution in [2.75, 3.05) is 0 Å². The van der Waals surface area contributed by atoms with E-state index in [4.69, 9.17) is 5.73 Å². The van der Waals surface area contributed by atoms with Gasteiger partial charge >= 0.3 is 0 Å². The van der Waals surface area contributed by atoms with Gasteiger partial charge in [0, 0.05) is 15.7 Å². The molecule has 1 nitrogen and oxygen atoms in total. The van der Waals surface area contributed by atoms with E-state index in [2.05, 4.69) is 45.0 Å². The van der Waals surface area contributed by atoms with Crippen LogP contribution in [-0.2, 0) is 0 Å². The first-order valence-electron chi connectivity index (χ1n) is 6.49. The minimum atomic E-state index is 0.216. The lowest BCUT2D eigenvalue weighted by molar-refractivity contribution is 0.589. The van der Waals surface area contributed by atoms with Crippen LogP contribution in [0.4, 0.5) is 0 Å². The maximum absolute atomic E-state index is 6.34. The van der Waals surface area contributed by atoms with Crippen molar-refractivity contribution >= 4 is 11.8 Å². The average molecular weight is 249 g/mol. The number of hydrogen-bond donors (Lipinski definition) is 1. The molecular weight excluding hydrogens is 226 g/mol. The van der Waals surface area contributed by atoms with Crippen LogP contribution in [-0.4, -0.2) is 4.75 Å². The van der Waals surface area contributed by atoms with Crippen LogP contribution in [0, 0.1) is 5.92 Å². The monoisotopic (exact) mass is 249 g/mol. The maximum Gasteiger partial charge on any atom is 0.0308 e. The summed E-state index contributed by atoms with van der Waals surface area (Å²) in [5.74, 6) is 0.887. The molecule has 1 aromatic rings. The van der Waals surface area contributed by atoms with Gasteiger partial charge in [-0.05, 0) is 24.0 Å². The first kappa shape index (κ1) is 13.0. The molecule has 0 amide bonds. The SMILES string of the molecule is CC(C)(C)Sc1ccccc1[C@@H](N)CC1CC1. The highest BCUT2D eigenvalue weighted by molar-refractivity contribution is 8.00. The predicted molar refractivity (Wildman–Crippen MR) is 76.3 cm³/mol. The van der Waals surface area contributed by atoms with E-state index in [1.807, 2.05) is 11.8 Å². The lowest BCUT2D eigenvalue weighted by Crippen LogP contribution is -2.14. The quantitative estimate of drug-likeness (QED) is 0.802. The van der Waals surface area contributed by atoms with Gasteiger partial charge in [0.2, 0.25) is 0 Å². The van der Waals surface area contributed by atoms with Gasteiger partial charge in [-0.3, -0.25) is 0 Å². The molecule has 0 radical (unpaired) electrons. The Hall–Kier alpha value is -0.470. The second-order valence-corrected chi connectivity index (χ2v) is 7.91. The van der Waals surface area contributed by atoms with Crippen LogP contribution in [0.1, 0.15) is 51.6 Å². The zero-order valence-corrected chi connectivity index (χ0v) is 11.9. The van der Waals surface area contributed by atoms with Crippen molar-refractivity contribution in [1.82, 2.24) is 0 Å². The van der Waals surface area contributed by atoms with E-state index < -0.39 is 0 Å². The molecule has 2 heteroatoms. The summed E-state index contributed by atoms with van der Waals surface area (Å²) in [5, 5.41) is 0. The molecule has 0 spiro atoms. The number of rotatable bonds is 4. The van der Waals surface area contributed by atoms with Crippen LogP contribution >= 0.6 is 11.8 Å². The molecule has 17 heavy (non-hydrogen) atoms. The van der Waals surface area contributed by atoms with Gasteiger partial charge in [-0.15, -0.1) is 11.8 Å². The topological polar surface area (TPSA) is 26.0 Å². The van der Waals surface area contributed by atoms with Crippen LogP contribution in [0.25, 0.3) is 0 Å². The van der Waals surface area contributed by atoms with Crippen LogP contribution in [0.2, 0.25) is 0 Å². The van der Waals surface area contributed by atoms with Crippen molar-refractivity contribution in [2.45, 2.75) is 55.7 Å². The normalized spacial score (nSPS) is 18.1. The lowest BCUT2D eigenvalue weighted by atomic mass is 10.0. The van der Waals surface area contributed by atoms with Gasteiger partial charge in [-0.25, -0.2) is 0 Å². The van der Waals surface area contributed by atoms with Crippen LogP contribution < -0.4 is 5.73 Å². The Labute approximate surface area is 109 Å². The number of hydrogen-bond acceptors (Lipinski definition) is 2. The van der Waals surface area contributed by atoms with Crippen molar-refractivity contribution in [3.05, 3.63) is 29.8 Å². The number of benzene rings is 1. The summed E-state index contributed by atoms with van der Waals surface area (Å²) >= 11 is 1.92. The molecule has 0 heterocycles. The van der Waals surface area contributed by atoms with E-state index in [1.54, 1.807) is 0 Å². The summed E-state index contributed by atoms with van der Waals surface area (Å²) in [5.41, 5.74) is 7.67. The van der Waals surface area contributed by atoms with Crippen LogP contribution in [0.3, 0.4) is 0 Å². The molecule has 2 N–H and O–H groups in total. The lowest BCUT2D eigenvalue weighted by Gasteiger charge is -2.22. The fourth-order valence-corrected chi connectivity index (χ4v) is 3.19. The van der Waals surface area contributed by atoms with Gasteiger partial charge in [0.05, 0.1) is 0 Å². The Balaban J connectivity index is 2.13. The standard InChI is InChI=1S/C15H23NS/c1-15(2,3)17-14-7-5-4-6-12(14)13(16)10-11-8-9-11/h4-7,11,13H,8-10,16H2,1-3H3/t13-/m0/s1. The molecule has 2 rings (SSSR count). The molecule has 0 bridgehead atoms. The van der Waals surface area contributed by atoms with Gasteiger partial charge in [0.25, 0.3) is 0 Å². The first-order chi connectivity index (χ1) is 7.96. The second-order valence-electron chi connectivity index (χ2n) is 6.04. The molecule has 1 aliphatic rings. The molecule has 94 valence electrons. The minimum absolute atomic E-state index is 0.216. The molecule has 1 aliphatic carbocycles. The van der Waals surface area contributed by atoms with E-state index in [0.29, 0.717) is 0 Å². The molecule has 1 fully saturated rings. The zero-order valence-electron chi connectivity index (χ0n) is 11.1. The Morgan fingerprint density at radius 1 is 1.29 bits per heavy atom. The summed E-state index contributed by atoms with van der Waals surface area (Å²) in [4.78, 5) is 1.35. The van der Waals surface area contributed by atoms with Crippen molar-refractivity contribution in [3.8, 4) is 0 Å². The Kier molecular flexibility index (Phi) is 3.84. The van der Waals surface area contributed by atoms with E-state index in [9.17, 15) is 0 Å². The van der Waals surface area contributed by atoms with Gasteiger partial charge in [-0.1, -0.05) is 51.8 Å². The van der Waals surface area contributed by atoms with Crippen molar-refractivity contribution in [3.63, 3.8) is 0 Å². The van der Waals surface area contributed by atoms with Crippen molar-refractivity contribution in [1.29, 1.82) is 0 Å². The number of nitrogens with two attached hydrogens (primary N) is 1. The van der Waals surface area contributed by atoms with Gasteiger partial charge in [-0.2, -0.15) is 0 Å². The molecule has 0 unspecified atom stereocenters. The second kappa shape index (κ2) is 5.03. The third-order valence-corrected chi connectivity index (χ3v) is 4.22.